The maximum absolute atomic E-state index is 2.51. The number of nitrogens with zero attached hydrogens (tertiary/aromatic N) is 1. The molecule has 280 valence electrons. The molecule has 0 saturated carbocycles. The summed E-state index contributed by atoms with van der Waals surface area (Å²) in [7, 11) is 0. The van der Waals surface area contributed by atoms with Gasteiger partial charge in [0.25, 0.3) is 0 Å². The molecule has 13 rings (SSSR count). The first-order valence-corrected chi connectivity index (χ1v) is 23.9. The van der Waals surface area contributed by atoms with Crippen molar-refractivity contribution in [3.8, 4) is 39.1 Å². The van der Waals surface area contributed by atoms with Gasteiger partial charge in [0.15, 0.2) is 0 Å². The molecule has 0 N–H and O–H groups in total. The van der Waals surface area contributed by atoms with Crippen molar-refractivity contribution in [1.29, 1.82) is 0 Å². The molecule has 60 heavy (non-hydrogen) atoms. The van der Waals surface area contributed by atoms with Crippen LogP contribution in [0.4, 0.5) is 0 Å². The Morgan fingerprint density at radius 2 is 0.800 bits per heavy atom. The first-order valence-electron chi connectivity index (χ1n) is 20.7. The van der Waals surface area contributed by atoms with E-state index in [-0.39, 0.29) is 0 Å². The van der Waals surface area contributed by atoms with Gasteiger partial charge in [-0.2, -0.15) is 0 Å². The fourth-order valence-corrected chi connectivity index (χ4v) is 16.2. The molecule has 0 aliphatic carbocycles. The molecule has 0 saturated heterocycles. The van der Waals surface area contributed by atoms with E-state index in [1.54, 1.807) is 0 Å². The molecule has 2 heteroatoms. The van der Waals surface area contributed by atoms with E-state index in [4.69, 9.17) is 0 Å². The Bertz CT molecular complexity index is 3710. The van der Waals surface area contributed by atoms with Gasteiger partial charge in [0.1, 0.15) is 0 Å². The van der Waals surface area contributed by atoms with Gasteiger partial charge in [0.2, 0.25) is 0 Å². The van der Waals surface area contributed by atoms with Crippen LogP contribution in [-0.2, 0) is 0 Å². The van der Waals surface area contributed by atoms with E-state index < -0.39 is 19.8 Å². The molecule has 0 atom stereocenters. The van der Waals surface area contributed by atoms with E-state index in [9.17, 15) is 0 Å². The Hall–Kier alpha value is -7.01. The Morgan fingerprint density at radius 3 is 1.58 bits per heavy atom. The third kappa shape index (κ3) is 4.98. The van der Waals surface area contributed by atoms with Crippen LogP contribution in [0.2, 0.25) is 0 Å². The van der Waals surface area contributed by atoms with Crippen LogP contribution in [0.1, 0.15) is 0 Å². The van der Waals surface area contributed by atoms with Crippen molar-refractivity contribution in [1.82, 2.24) is 4.57 Å². The summed E-state index contributed by atoms with van der Waals surface area (Å²) in [4.78, 5) is 0. The number of benzene rings is 11. The molecule has 0 spiro atoms. The second-order valence-corrected chi connectivity index (χ2v) is 21.1. The molecule has 0 radical (unpaired) electrons. The molecular weight excluding hydrogens is 838 g/mol. The van der Waals surface area contributed by atoms with Crippen molar-refractivity contribution in [2.75, 3.05) is 0 Å². The van der Waals surface area contributed by atoms with Gasteiger partial charge in [-0.15, -0.1) is 0 Å². The van der Waals surface area contributed by atoms with Crippen molar-refractivity contribution in [3.05, 3.63) is 229 Å². The molecule has 2 heterocycles. The molecule has 1 aliphatic rings. The zero-order valence-corrected chi connectivity index (χ0v) is 34.8. The number of hydrogen-bond acceptors (Lipinski definition) is 0. The molecule has 0 unspecified atom stereocenters. The average molecular weight is 874 g/mol. The van der Waals surface area contributed by atoms with Crippen LogP contribution < -0.4 is 0 Å². The molecule has 11 aromatic carbocycles. The normalized spacial score (nSPS) is 12.9. The number of para-hydroxylation sites is 1. The van der Waals surface area contributed by atoms with Crippen molar-refractivity contribution in [3.63, 3.8) is 0 Å². The quantitative estimate of drug-likeness (QED) is 0.123. The minimum atomic E-state index is -1.88. The van der Waals surface area contributed by atoms with E-state index in [1.165, 1.54) is 115 Å². The average Bonchev–Trinajstić information content (AvgIpc) is 3.83. The van der Waals surface area contributed by atoms with Crippen molar-refractivity contribution in [2.24, 2.45) is 0 Å². The van der Waals surface area contributed by atoms with E-state index >= 15 is 0 Å². The summed E-state index contributed by atoms with van der Waals surface area (Å²) in [6.07, 6.45) is 0. The topological polar surface area (TPSA) is 4.93 Å². The standard InChI is InChI=1S/C58H36IN/c1-2-14-37(15-3-1)38-26-30-41(31-27-38)59-53-24-12-10-19-45(53)50-34-39(28-32-54(50)59)40-29-33-56-51(35-40)47-21-11-13-25-55(47)60(56)57-36-52-44-18-5-4-16-42(44)43-17-6-8-22-48(43)58(52)49-23-9-7-20-46(49)57/h1-36H. The molecule has 0 fully saturated rings. The molecule has 1 nitrogen and oxygen atoms in total. The zero-order valence-electron chi connectivity index (χ0n) is 32.6. The minimum absolute atomic E-state index is 1.21. The van der Waals surface area contributed by atoms with Gasteiger partial charge in [-0.05, 0) is 26.9 Å². The van der Waals surface area contributed by atoms with Gasteiger partial charge in [0, 0.05) is 0 Å². The second kappa shape index (κ2) is 13.3. The Morgan fingerprint density at radius 1 is 0.283 bits per heavy atom. The first-order chi connectivity index (χ1) is 29.8. The number of rotatable bonds is 4. The van der Waals surface area contributed by atoms with E-state index in [2.05, 4.69) is 223 Å². The third-order valence-electron chi connectivity index (χ3n) is 12.7. The van der Waals surface area contributed by atoms with Crippen LogP contribution in [0.25, 0.3) is 104 Å². The molecule has 12 aromatic rings. The van der Waals surface area contributed by atoms with E-state index in [0.717, 1.165) is 0 Å². The van der Waals surface area contributed by atoms with E-state index in [1.807, 2.05) is 0 Å². The summed E-state index contributed by atoms with van der Waals surface area (Å²) < 4.78 is 7.05. The fourth-order valence-electron chi connectivity index (χ4n) is 10.0. The van der Waals surface area contributed by atoms with Crippen LogP contribution in [0.15, 0.2) is 218 Å². The van der Waals surface area contributed by atoms with Crippen LogP contribution in [-0.4, -0.2) is 4.57 Å². The summed E-state index contributed by atoms with van der Waals surface area (Å²) in [5.41, 5.74) is 11.5. The number of fused-ring (bicyclic) bond motifs is 14. The first kappa shape index (κ1) is 33.9. The van der Waals surface area contributed by atoms with Crippen LogP contribution in [0.3, 0.4) is 0 Å². The van der Waals surface area contributed by atoms with Gasteiger partial charge in [-0.1, -0.05) is 66.7 Å². The fraction of sp³-hybridized carbons (Fsp3) is 0. The Labute approximate surface area is 355 Å². The van der Waals surface area contributed by atoms with Crippen LogP contribution >= 0.6 is 19.8 Å². The van der Waals surface area contributed by atoms with Gasteiger partial charge < -0.3 is 0 Å². The zero-order chi connectivity index (χ0) is 39.3. The van der Waals surface area contributed by atoms with Gasteiger partial charge in [0.05, 0.1) is 0 Å². The Balaban J connectivity index is 0.983. The van der Waals surface area contributed by atoms with Crippen molar-refractivity contribution < 1.29 is 0 Å². The number of hydrogen-bond donors (Lipinski definition) is 0. The van der Waals surface area contributed by atoms with Gasteiger partial charge in [-0.25, -0.2) is 0 Å². The SMILES string of the molecule is c1ccc(-c2ccc(I3c4ccccc4-c4cc(-c5ccc6c(c5)c5ccccc5n6-c5cc6c7ccccc7c7ccccc7c6c6ccccc56)ccc43)cc2)cc1. The molecule has 1 aromatic heterocycles. The second-order valence-electron chi connectivity index (χ2n) is 15.9. The number of halogens is 1. The summed E-state index contributed by atoms with van der Waals surface area (Å²) in [5.74, 6) is 0. The Kier molecular flexibility index (Phi) is 7.49. The summed E-state index contributed by atoms with van der Waals surface area (Å²) in [6.45, 7) is 0. The van der Waals surface area contributed by atoms with Crippen molar-refractivity contribution >= 4 is 84.7 Å². The summed E-state index contributed by atoms with van der Waals surface area (Å²) in [5, 5.41) is 12.8. The van der Waals surface area contributed by atoms with Gasteiger partial charge >= 0.3 is 264 Å². The predicted molar refractivity (Wildman–Crippen MR) is 264 cm³/mol. The third-order valence-corrected chi connectivity index (χ3v) is 18.9. The van der Waals surface area contributed by atoms with Crippen LogP contribution in [0, 0.1) is 10.7 Å². The summed E-state index contributed by atoms with van der Waals surface area (Å²) >= 11 is -1.88. The predicted octanol–water partition coefficient (Wildman–Crippen LogP) is 16.1. The van der Waals surface area contributed by atoms with E-state index in [0.29, 0.717) is 0 Å². The monoisotopic (exact) mass is 873 g/mol. The molecule has 0 bridgehead atoms. The molecule has 0 amide bonds. The van der Waals surface area contributed by atoms with Crippen LogP contribution in [0.5, 0.6) is 0 Å². The number of aromatic nitrogens is 1. The maximum atomic E-state index is 2.51. The van der Waals surface area contributed by atoms with Gasteiger partial charge in [-0.3, -0.25) is 0 Å². The van der Waals surface area contributed by atoms with Crippen molar-refractivity contribution in [2.45, 2.75) is 0 Å². The summed E-state index contributed by atoms with van der Waals surface area (Å²) in [6, 6.07) is 81.9. The molecular formula is C58H36IN. The molecule has 1 aliphatic heterocycles.